The van der Waals surface area contributed by atoms with Gasteiger partial charge in [-0.1, -0.05) is 0 Å². The number of aromatic amines is 1. The number of rotatable bonds is 0. The van der Waals surface area contributed by atoms with Crippen LogP contribution < -0.4 is 9.47 Å². The van der Waals surface area contributed by atoms with Crippen LogP contribution in [-0.2, 0) is 0 Å². The van der Waals surface area contributed by atoms with Gasteiger partial charge < -0.3 is 14.5 Å². The SMILES string of the molecule is [c]1c[nH]c2c3c(ccc12)OCO3. The fourth-order valence-electron chi connectivity index (χ4n) is 1.42. The van der Waals surface area contributed by atoms with Crippen LogP contribution in [0.25, 0.3) is 10.9 Å². The monoisotopic (exact) mass is 160 g/mol. The molecule has 0 amide bonds. The molecule has 3 rings (SSSR count). The van der Waals surface area contributed by atoms with E-state index in [0.29, 0.717) is 6.79 Å². The summed E-state index contributed by atoms with van der Waals surface area (Å²) in [6.07, 6.45) is 1.77. The summed E-state index contributed by atoms with van der Waals surface area (Å²) in [5.74, 6) is 1.60. The van der Waals surface area contributed by atoms with Crippen molar-refractivity contribution in [3.05, 3.63) is 24.4 Å². The number of benzene rings is 1. The number of hydrogen-bond donors (Lipinski definition) is 1. The molecular formula is C9H6NO2. The molecule has 1 aliphatic heterocycles. The third-order valence-corrected chi connectivity index (χ3v) is 1.98. The first-order valence-corrected chi connectivity index (χ1v) is 3.72. The van der Waals surface area contributed by atoms with Crippen LogP contribution in [0, 0.1) is 6.07 Å². The van der Waals surface area contributed by atoms with E-state index in [9.17, 15) is 0 Å². The van der Waals surface area contributed by atoms with Gasteiger partial charge in [-0.2, -0.15) is 0 Å². The maximum absolute atomic E-state index is 5.30. The molecule has 0 spiro atoms. The van der Waals surface area contributed by atoms with E-state index in [1.165, 1.54) is 0 Å². The zero-order chi connectivity index (χ0) is 7.97. The zero-order valence-electron chi connectivity index (χ0n) is 6.26. The molecule has 3 heteroatoms. The van der Waals surface area contributed by atoms with E-state index in [0.717, 1.165) is 22.4 Å². The summed E-state index contributed by atoms with van der Waals surface area (Å²) in [5.41, 5.74) is 0.963. The summed E-state index contributed by atoms with van der Waals surface area (Å²) in [6, 6.07) is 6.91. The molecule has 0 unspecified atom stereocenters. The largest absolute Gasteiger partial charge is 0.454 e. The van der Waals surface area contributed by atoms with Crippen LogP contribution in [-0.4, -0.2) is 11.8 Å². The van der Waals surface area contributed by atoms with Crippen LogP contribution in [0.4, 0.5) is 0 Å². The lowest BCUT2D eigenvalue weighted by Gasteiger charge is -1.95. The van der Waals surface area contributed by atoms with Gasteiger partial charge in [0.1, 0.15) is 0 Å². The number of hydrogen-bond acceptors (Lipinski definition) is 2. The van der Waals surface area contributed by atoms with Crippen molar-refractivity contribution >= 4 is 10.9 Å². The maximum atomic E-state index is 5.30. The summed E-state index contributed by atoms with van der Waals surface area (Å²) in [7, 11) is 0. The van der Waals surface area contributed by atoms with Crippen molar-refractivity contribution in [2.24, 2.45) is 0 Å². The average Bonchev–Trinajstić information content (AvgIpc) is 2.71. The maximum Gasteiger partial charge on any atom is 0.231 e. The Morgan fingerprint density at radius 3 is 3.33 bits per heavy atom. The van der Waals surface area contributed by atoms with Gasteiger partial charge in [0.05, 0.1) is 5.52 Å². The second-order valence-corrected chi connectivity index (χ2v) is 2.65. The summed E-state index contributed by atoms with van der Waals surface area (Å²) in [4.78, 5) is 3.06. The minimum Gasteiger partial charge on any atom is -0.454 e. The van der Waals surface area contributed by atoms with Crippen LogP contribution >= 0.6 is 0 Å². The van der Waals surface area contributed by atoms with Crippen molar-refractivity contribution in [2.45, 2.75) is 0 Å². The molecule has 1 aromatic heterocycles. The summed E-state index contributed by atoms with van der Waals surface area (Å²) in [6.45, 7) is 0.313. The first-order valence-electron chi connectivity index (χ1n) is 3.72. The van der Waals surface area contributed by atoms with Crippen LogP contribution in [0.3, 0.4) is 0 Å². The van der Waals surface area contributed by atoms with Crippen molar-refractivity contribution in [1.82, 2.24) is 4.98 Å². The van der Waals surface area contributed by atoms with Gasteiger partial charge in [0.15, 0.2) is 11.5 Å². The van der Waals surface area contributed by atoms with E-state index in [-0.39, 0.29) is 0 Å². The highest BCUT2D eigenvalue weighted by Gasteiger charge is 2.16. The Morgan fingerprint density at radius 2 is 2.33 bits per heavy atom. The molecule has 1 N–H and O–H groups in total. The lowest BCUT2D eigenvalue weighted by atomic mass is 10.2. The Balaban J connectivity index is 2.46. The van der Waals surface area contributed by atoms with E-state index in [4.69, 9.17) is 9.47 Å². The number of H-pyrrole nitrogens is 1. The van der Waals surface area contributed by atoms with Crippen molar-refractivity contribution in [3.8, 4) is 11.5 Å². The lowest BCUT2D eigenvalue weighted by molar-refractivity contribution is 0.174. The number of aromatic nitrogens is 1. The van der Waals surface area contributed by atoms with Gasteiger partial charge in [0, 0.05) is 17.6 Å². The van der Waals surface area contributed by atoms with Crippen molar-refractivity contribution in [1.29, 1.82) is 0 Å². The van der Waals surface area contributed by atoms with E-state index in [2.05, 4.69) is 11.1 Å². The second-order valence-electron chi connectivity index (χ2n) is 2.65. The van der Waals surface area contributed by atoms with Crippen LogP contribution in [0.5, 0.6) is 11.5 Å². The van der Waals surface area contributed by atoms with Gasteiger partial charge in [-0.25, -0.2) is 0 Å². The van der Waals surface area contributed by atoms with Crippen molar-refractivity contribution in [2.75, 3.05) is 6.79 Å². The predicted octanol–water partition coefficient (Wildman–Crippen LogP) is 1.70. The molecule has 1 aromatic carbocycles. The summed E-state index contributed by atoms with van der Waals surface area (Å²) < 4.78 is 10.5. The van der Waals surface area contributed by atoms with Gasteiger partial charge in [-0.3, -0.25) is 0 Å². The molecule has 0 bridgehead atoms. The van der Waals surface area contributed by atoms with Gasteiger partial charge in [0.25, 0.3) is 0 Å². The fourth-order valence-corrected chi connectivity index (χ4v) is 1.42. The summed E-state index contributed by atoms with van der Waals surface area (Å²) in [5, 5.41) is 1.03. The third kappa shape index (κ3) is 0.605. The topological polar surface area (TPSA) is 34.2 Å². The smallest absolute Gasteiger partial charge is 0.231 e. The number of fused-ring (bicyclic) bond motifs is 3. The Hall–Kier alpha value is -1.64. The van der Waals surface area contributed by atoms with Crippen LogP contribution in [0.2, 0.25) is 0 Å². The normalized spacial score (nSPS) is 14.0. The molecule has 0 aliphatic carbocycles. The highest BCUT2D eigenvalue weighted by Crippen LogP contribution is 2.37. The van der Waals surface area contributed by atoms with Gasteiger partial charge >= 0.3 is 0 Å². The predicted molar refractivity (Wildman–Crippen MR) is 43.3 cm³/mol. The first kappa shape index (κ1) is 5.94. The number of nitrogens with one attached hydrogen (secondary N) is 1. The van der Waals surface area contributed by atoms with Crippen molar-refractivity contribution < 1.29 is 9.47 Å². The highest BCUT2D eigenvalue weighted by molar-refractivity contribution is 5.87. The minimum atomic E-state index is 0.313. The molecule has 12 heavy (non-hydrogen) atoms. The minimum absolute atomic E-state index is 0.313. The Labute approximate surface area is 68.9 Å². The molecule has 3 nitrogen and oxygen atoms in total. The van der Waals surface area contributed by atoms with Crippen molar-refractivity contribution in [3.63, 3.8) is 0 Å². The van der Waals surface area contributed by atoms with Gasteiger partial charge in [0.2, 0.25) is 6.79 Å². The molecule has 59 valence electrons. The van der Waals surface area contributed by atoms with E-state index in [1.807, 2.05) is 12.1 Å². The fraction of sp³-hybridized carbons (Fsp3) is 0.111. The van der Waals surface area contributed by atoms with Gasteiger partial charge in [-0.15, -0.1) is 0 Å². The van der Waals surface area contributed by atoms with Crippen LogP contribution in [0.1, 0.15) is 0 Å². The second kappa shape index (κ2) is 1.94. The number of ether oxygens (including phenoxy) is 2. The summed E-state index contributed by atoms with van der Waals surface area (Å²) >= 11 is 0. The lowest BCUT2D eigenvalue weighted by Crippen LogP contribution is -1.93. The molecule has 2 heterocycles. The van der Waals surface area contributed by atoms with E-state index < -0.39 is 0 Å². The van der Waals surface area contributed by atoms with E-state index in [1.54, 1.807) is 6.20 Å². The molecule has 1 aliphatic rings. The highest BCUT2D eigenvalue weighted by atomic mass is 16.7. The van der Waals surface area contributed by atoms with E-state index >= 15 is 0 Å². The molecular weight excluding hydrogens is 154 g/mol. The molecule has 2 aromatic rings. The Morgan fingerprint density at radius 1 is 1.33 bits per heavy atom. The molecule has 1 radical (unpaired) electrons. The Kier molecular flexibility index (Phi) is 0.961. The first-order chi connectivity index (χ1) is 5.95. The zero-order valence-corrected chi connectivity index (χ0v) is 6.26. The third-order valence-electron chi connectivity index (χ3n) is 1.98. The molecule has 0 saturated heterocycles. The molecule has 0 saturated carbocycles. The van der Waals surface area contributed by atoms with Gasteiger partial charge in [-0.05, 0) is 12.1 Å². The molecule has 0 fully saturated rings. The average molecular weight is 160 g/mol. The quantitative estimate of drug-likeness (QED) is 0.636. The standard InChI is InChI=1S/C9H6NO2/c1-2-7-9(12-5-11-7)8-6(1)3-4-10-8/h1-2,4,10H,5H2. The Bertz CT molecular complexity index is 433. The molecule has 0 atom stereocenters. The van der Waals surface area contributed by atoms with Crippen LogP contribution in [0.15, 0.2) is 18.3 Å².